The minimum absolute atomic E-state index is 0.713. The van der Waals surface area contributed by atoms with Gasteiger partial charge in [-0.15, -0.1) is 0 Å². The van der Waals surface area contributed by atoms with Crippen LogP contribution in [0.15, 0.2) is 34.9 Å². The third-order valence-electron chi connectivity index (χ3n) is 1.98. The van der Waals surface area contributed by atoms with Gasteiger partial charge in [0, 0.05) is 10.7 Å². The summed E-state index contributed by atoms with van der Waals surface area (Å²) < 4.78 is 10.9. The molecule has 0 saturated carbocycles. The Bertz CT molecular complexity index is 408. The van der Waals surface area contributed by atoms with Crippen LogP contribution in [0.2, 0.25) is 0 Å². The highest BCUT2D eigenvalue weighted by Gasteiger charge is 2.03. The highest BCUT2D eigenvalue weighted by Crippen LogP contribution is 2.26. The van der Waals surface area contributed by atoms with E-state index in [9.17, 15) is 0 Å². The maximum Gasteiger partial charge on any atom is 0.175 e. The Kier molecular flexibility index (Phi) is 3.09. The number of halogens is 1. The van der Waals surface area contributed by atoms with Gasteiger partial charge in [-0.1, -0.05) is 28.1 Å². The van der Waals surface area contributed by atoms with Crippen molar-refractivity contribution in [2.45, 2.75) is 6.42 Å². The van der Waals surface area contributed by atoms with E-state index in [-0.39, 0.29) is 0 Å². The van der Waals surface area contributed by atoms with Crippen molar-refractivity contribution in [1.82, 2.24) is 0 Å². The van der Waals surface area contributed by atoms with E-state index in [1.54, 1.807) is 6.26 Å². The van der Waals surface area contributed by atoms with Crippen LogP contribution in [-0.4, -0.2) is 11.9 Å². The van der Waals surface area contributed by atoms with Gasteiger partial charge in [-0.25, -0.2) is 0 Å². The summed E-state index contributed by atoms with van der Waals surface area (Å²) in [6, 6.07) is 7.85. The topological polar surface area (TPSA) is 22.4 Å². The molecule has 0 amide bonds. The van der Waals surface area contributed by atoms with Crippen LogP contribution in [0.5, 0.6) is 5.75 Å². The maximum atomic E-state index is 5.59. The number of ether oxygens (including phenoxy) is 1. The zero-order valence-corrected chi connectivity index (χ0v) is 9.29. The number of hydrogen-bond donors (Lipinski definition) is 0. The molecule has 0 atom stereocenters. The van der Waals surface area contributed by atoms with Gasteiger partial charge in [-0.2, -0.15) is 0 Å². The number of alkyl halides is 1. The van der Waals surface area contributed by atoms with E-state index in [1.165, 1.54) is 0 Å². The van der Waals surface area contributed by atoms with Crippen LogP contribution in [-0.2, 0) is 0 Å². The molecule has 0 aliphatic carbocycles. The second-order valence-electron chi connectivity index (χ2n) is 2.99. The van der Waals surface area contributed by atoms with Crippen molar-refractivity contribution in [2.24, 2.45) is 0 Å². The molecule has 1 aromatic heterocycles. The molecule has 2 nitrogen and oxygen atoms in total. The standard InChI is InChI=1S/C11H11BrO2/c12-6-2-7-13-10-4-1-3-9-5-8-14-11(9)10/h1,3-5,8H,2,6-7H2. The first-order valence-electron chi connectivity index (χ1n) is 4.57. The molecular weight excluding hydrogens is 244 g/mol. The van der Waals surface area contributed by atoms with Crippen LogP contribution in [0.3, 0.4) is 0 Å². The maximum absolute atomic E-state index is 5.59. The van der Waals surface area contributed by atoms with Gasteiger partial charge in [-0.05, 0) is 18.6 Å². The van der Waals surface area contributed by atoms with Crippen LogP contribution in [0.25, 0.3) is 11.0 Å². The predicted octanol–water partition coefficient (Wildman–Crippen LogP) is 3.60. The van der Waals surface area contributed by atoms with E-state index in [0.717, 1.165) is 28.5 Å². The third kappa shape index (κ3) is 1.93. The smallest absolute Gasteiger partial charge is 0.175 e. The van der Waals surface area contributed by atoms with Crippen molar-refractivity contribution in [1.29, 1.82) is 0 Å². The summed E-state index contributed by atoms with van der Waals surface area (Å²) in [5.74, 6) is 0.827. The molecular formula is C11H11BrO2. The zero-order chi connectivity index (χ0) is 9.80. The predicted molar refractivity (Wildman–Crippen MR) is 60.1 cm³/mol. The van der Waals surface area contributed by atoms with Crippen molar-refractivity contribution < 1.29 is 9.15 Å². The van der Waals surface area contributed by atoms with Crippen molar-refractivity contribution in [3.63, 3.8) is 0 Å². The second kappa shape index (κ2) is 4.51. The van der Waals surface area contributed by atoms with Gasteiger partial charge in [0.05, 0.1) is 12.9 Å². The Balaban J connectivity index is 2.19. The molecule has 2 aromatic rings. The minimum atomic E-state index is 0.713. The van der Waals surface area contributed by atoms with Crippen molar-refractivity contribution >= 4 is 26.9 Å². The van der Waals surface area contributed by atoms with Crippen LogP contribution in [0.4, 0.5) is 0 Å². The molecule has 0 bridgehead atoms. The van der Waals surface area contributed by atoms with Gasteiger partial charge in [0.1, 0.15) is 0 Å². The Hall–Kier alpha value is -0.960. The number of fused-ring (bicyclic) bond motifs is 1. The SMILES string of the molecule is BrCCCOc1cccc2ccoc12. The zero-order valence-electron chi connectivity index (χ0n) is 7.70. The molecule has 0 saturated heterocycles. The minimum Gasteiger partial charge on any atom is -0.490 e. The average molecular weight is 255 g/mol. The summed E-state index contributed by atoms with van der Waals surface area (Å²) >= 11 is 3.36. The Morgan fingerprint density at radius 3 is 3.07 bits per heavy atom. The molecule has 1 aromatic carbocycles. The van der Waals surface area contributed by atoms with Gasteiger partial charge in [0.25, 0.3) is 0 Å². The van der Waals surface area contributed by atoms with Crippen molar-refractivity contribution in [3.05, 3.63) is 30.5 Å². The van der Waals surface area contributed by atoms with E-state index < -0.39 is 0 Å². The Morgan fingerprint density at radius 1 is 1.29 bits per heavy atom. The first-order chi connectivity index (χ1) is 6.92. The summed E-state index contributed by atoms with van der Waals surface area (Å²) in [7, 11) is 0. The number of benzene rings is 1. The van der Waals surface area contributed by atoms with Gasteiger partial charge < -0.3 is 9.15 Å². The lowest BCUT2D eigenvalue weighted by atomic mass is 10.2. The Morgan fingerprint density at radius 2 is 2.21 bits per heavy atom. The lowest BCUT2D eigenvalue weighted by molar-refractivity contribution is 0.318. The molecule has 0 fully saturated rings. The number of para-hydroxylation sites is 1. The highest BCUT2D eigenvalue weighted by atomic mass is 79.9. The molecule has 0 unspecified atom stereocenters. The van der Waals surface area contributed by atoms with Crippen LogP contribution < -0.4 is 4.74 Å². The molecule has 0 N–H and O–H groups in total. The fourth-order valence-electron chi connectivity index (χ4n) is 1.32. The lowest BCUT2D eigenvalue weighted by Crippen LogP contribution is -1.97. The average Bonchev–Trinajstić information content (AvgIpc) is 2.67. The number of rotatable bonds is 4. The molecule has 0 radical (unpaired) electrons. The summed E-state index contributed by atoms with van der Waals surface area (Å²) in [5, 5.41) is 2.04. The van der Waals surface area contributed by atoms with Crippen molar-refractivity contribution in [3.8, 4) is 5.75 Å². The van der Waals surface area contributed by atoms with E-state index in [4.69, 9.17) is 9.15 Å². The fraction of sp³-hybridized carbons (Fsp3) is 0.273. The molecule has 14 heavy (non-hydrogen) atoms. The summed E-state index contributed by atoms with van der Waals surface area (Å²) in [6.07, 6.45) is 2.68. The second-order valence-corrected chi connectivity index (χ2v) is 3.78. The molecule has 0 aliphatic heterocycles. The van der Waals surface area contributed by atoms with E-state index >= 15 is 0 Å². The van der Waals surface area contributed by atoms with Crippen LogP contribution in [0, 0.1) is 0 Å². The molecule has 0 aliphatic rings. The summed E-state index contributed by atoms with van der Waals surface area (Å²) in [6.45, 7) is 0.713. The van der Waals surface area contributed by atoms with E-state index in [1.807, 2.05) is 24.3 Å². The van der Waals surface area contributed by atoms with Gasteiger partial charge in [0.2, 0.25) is 0 Å². The first-order valence-corrected chi connectivity index (χ1v) is 5.69. The highest BCUT2D eigenvalue weighted by molar-refractivity contribution is 9.09. The van der Waals surface area contributed by atoms with Crippen LogP contribution in [0.1, 0.15) is 6.42 Å². The molecule has 3 heteroatoms. The molecule has 2 rings (SSSR count). The number of furan rings is 1. The largest absolute Gasteiger partial charge is 0.490 e. The van der Waals surface area contributed by atoms with E-state index in [2.05, 4.69) is 15.9 Å². The third-order valence-corrected chi connectivity index (χ3v) is 2.54. The van der Waals surface area contributed by atoms with E-state index in [0.29, 0.717) is 6.61 Å². The normalized spacial score (nSPS) is 10.6. The molecule has 74 valence electrons. The molecule has 0 spiro atoms. The van der Waals surface area contributed by atoms with Gasteiger partial charge in [0.15, 0.2) is 11.3 Å². The van der Waals surface area contributed by atoms with Gasteiger partial charge >= 0.3 is 0 Å². The first kappa shape index (κ1) is 9.59. The lowest BCUT2D eigenvalue weighted by Gasteiger charge is -2.04. The number of hydrogen-bond acceptors (Lipinski definition) is 2. The summed E-state index contributed by atoms with van der Waals surface area (Å²) in [5.41, 5.74) is 0.835. The van der Waals surface area contributed by atoms with Crippen molar-refractivity contribution in [2.75, 3.05) is 11.9 Å². The fourth-order valence-corrected chi connectivity index (χ4v) is 1.54. The van der Waals surface area contributed by atoms with Gasteiger partial charge in [-0.3, -0.25) is 0 Å². The molecule has 1 heterocycles. The monoisotopic (exact) mass is 254 g/mol. The van der Waals surface area contributed by atoms with Crippen LogP contribution >= 0.6 is 15.9 Å². The Labute approximate surface area is 91.0 Å². The quantitative estimate of drug-likeness (QED) is 0.615. The summed E-state index contributed by atoms with van der Waals surface area (Å²) in [4.78, 5) is 0.